The molecule has 0 aliphatic rings. The Labute approximate surface area is 188 Å². The predicted molar refractivity (Wildman–Crippen MR) is 115 cm³/mol. The number of ether oxygens (including phenoxy) is 1. The van der Waals surface area contributed by atoms with Crippen LogP contribution in [-0.2, 0) is 5.92 Å². The lowest BCUT2D eigenvalue weighted by atomic mass is 10.0. The third-order valence-corrected chi connectivity index (χ3v) is 5.00. The molecule has 3 heterocycles. The highest BCUT2D eigenvalue weighted by atomic mass is 79.9. The van der Waals surface area contributed by atoms with Crippen molar-refractivity contribution in [2.45, 2.75) is 5.92 Å². The van der Waals surface area contributed by atoms with Crippen LogP contribution < -0.4 is 4.74 Å². The molecule has 0 atom stereocenters. The molecule has 0 saturated heterocycles. The third-order valence-electron chi connectivity index (χ3n) is 4.59. The predicted octanol–water partition coefficient (Wildman–Crippen LogP) is 5.28. The minimum atomic E-state index is -3.48. The molecule has 0 amide bonds. The molecule has 0 radical (unpaired) electrons. The molecule has 0 aliphatic heterocycles. The minimum Gasteiger partial charge on any atom is -0.438 e. The van der Waals surface area contributed by atoms with E-state index in [1.165, 1.54) is 24.3 Å². The van der Waals surface area contributed by atoms with Gasteiger partial charge >= 0.3 is 5.92 Å². The molecule has 2 aromatic carbocycles. The quantitative estimate of drug-likeness (QED) is 0.331. The molecule has 10 heteroatoms. The van der Waals surface area contributed by atoms with E-state index >= 15 is 8.78 Å². The number of hydrogen-bond donors (Lipinski definition) is 0. The van der Waals surface area contributed by atoms with Crippen LogP contribution in [0, 0.1) is 0 Å². The van der Waals surface area contributed by atoms with Gasteiger partial charge in [0.05, 0.1) is 4.47 Å². The molecular formula is C22H13BrF2N6O. The van der Waals surface area contributed by atoms with Crippen molar-refractivity contribution < 1.29 is 13.5 Å². The van der Waals surface area contributed by atoms with Crippen LogP contribution in [0.15, 0.2) is 83.6 Å². The lowest BCUT2D eigenvalue weighted by Gasteiger charge is -2.15. The summed E-state index contributed by atoms with van der Waals surface area (Å²) in [5, 5.41) is 11.7. The van der Waals surface area contributed by atoms with Crippen molar-refractivity contribution in [1.82, 2.24) is 29.8 Å². The monoisotopic (exact) mass is 494 g/mol. The van der Waals surface area contributed by atoms with Gasteiger partial charge in [0, 0.05) is 29.6 Å². The molecule has 0 fully saturated rings. The average molecular weight is 495 g/mol. The Morgan fingerprint density at radius 3 is 2.44 bits per heavy atom. The van der Waals surface area contributed by atoms with Crippen molar-refractivity contribution in [2.24, 2.45) is 0 Å². The van der Waals surface area contributed by atoms with Gasteiger partial charge in [0.1, 0.15) is 5.75 Å². The number of para-hydroxylation sites is 1. The SMILES string of the molecule is FC(F)(c1cccc(-c2ncc(Br)cn2)c1)c1nnc2ccc(Oc3ccccc3)nn12. The van der Waals surface area contributed by atoms with E-state index in [0.717, 1.165) is 4.52 Å². The highest BCUT2D eigenvalue weighted by Crippen LogP contribution is 2.36. The zero-order valence-corrected chi connectivity index (χ0v) is 17.8. The molecule has 5 rings (SSSR count). The highest BCUT2D eigenvalue weighted by Gasteiger charge is 2.40. The molecule has 0 spiro atoms. The van der Waals surface area contributed by atoms with E-state index in [2.05, 4.69) is 41.2 Å². The van der Waals surface area contributed by atoms with Crippen molar-refractivity contribution in [3.63, 3.8) is 0 Å². The van der Waals surface area contributed by atoms with Gasteiger partial charge in [-0.25, -0.2) is 9.97 Å². The van der Waals surface area contributed by atoms with Crippen LogP contribution in [0.2, 0.25) is 0 Å². The first-order valence-electron chi connectivity index (χ1n) is 9.43. The zero-order valence-electron chi connectivity index (χ0n) is 16.2. The van der Waals surface area contributed by atoms with Gasteiger partial charge in [-0.05, 0) is 40.2 Å². The second kappa shape index (κ2) is 8.04. The Bertz CT molecular complexity index is 1390. The average Bonchev–Trinajstić information content (AvgIpc) is 3.24. The standard InChI is InChI=1S/C22H13BrF2N6O/c23-16-12-26-20(27-13-16)14-5-4-6-15(11-14)22(24,25)21-29-28-18-9-10-19(30-31(18)21)32-17-7-2-1-3-8-17/h1-13H. The van der Waals surface area contributed by atoms with Crippen molar-refractivity contribution in [3.05, 3.63) is 95.0 Å². The summed E-state index contributed by atoms with van der Waals surface area (Å²) in [6.07, 6.45) is 3.11. The van der Waals surface area contributed by atoms with E-state index in [-0.39, 0.29) is 17.1 Å². The van der Waals surface area contributed by atoms with Gasteiger partial charge in [-0.1, -0.05) is 36.4 Å². The number of hydrogen-bond acceptors (Lipinski definition) is 6. The van der Waals surface area contributed by atoms with Crippen molar-refractivity contribution in [3.8, 4) is 23.0 Å². The van der Waals surface area contributed by atoms with Gasteiger partial charge in [-0.3, -0.25) is 0 Å². The summed E-state index contributed by atoms with van der Waals surface area (Å²) in [4.78, 5) is 8.34. The first kappa shape index (κ1) is 20.1. The summed E-state index contributed by atoms with van der Waals surface area (Å²) >= 11 is 3.26. The lowest BCUT2D eigenvalue weighted by Crippen LogP contribution is -2.20. The molecular weight excluding hydrogens is 482 g/mol. The minimum absolute atomic E-state index is 0.137. The number of aromatic nitrogens is 6. The number of fused-ring (bicyclic) bond motifs is 1. The Morgan fingerprint density at radius 2 is 1.66 bits per heavy atom. The molecule has 158 valence electrons. The van der Waals surface area contributed by atoms with E-state index < -0.39 is 11.7 Å². The van der Waals surface area contributed by atoms with E-state index in [0.29, 0.717) is 21.6 Å². The number of benzene rings is 2. The van der Waals surface area contributed by atoms with Gasteiger partial charge in [-0.15, -0.1) is 15.3 Å². The van der Waals surface area contributed by atoms with Crippen LogP contribution in [0.1, 0.15) is 11.4 Å². The van der Waals surface area contributed by atoms with Crippen LogP contribution >= 0.6 is 15.9 Å². The van der Waals surface area contributed by atoms with E-state index in [1.54, 1.807) is 48.8 Å². The van der Waals surface area contributed by atoms with Gasteiger partial charge in [0.15, 0.2) is 11.5 Å². The van der Waals surface area contributed by atoms with Crippen LogP contribution in [-0.4, -0.2) is 29.8 Å². The Morgan fingerprint density at radius 1 is 0.875 bits per heavy atom. The smallest absolute Gasteiger partial charge is 0.333 e. The summed E-state index contributed by atoms with van der Waals surface area (Å²) < 4.78 is 38.4. The van der Waals surface area contributed by atoms with Crippen LogP contribution in [0.25, 0.3) is 17.0 Å². The summed E-state index contributed by atoms with van der Waals surface area (Å²) in [6.45, 7) is 0. The molecule has 0 bridgehead atoms. The summed E-state index contributed by atoms with van der Waals surface area (Å²) in [6, 6.07) is 17.8. The van der Waals surface area contributed by atoms with Gasteiger partial charge in [-0.2, -0.15) is 13.3 Å². The Hall–Kier alpha value is -3.79. The summed E-state index contributed by atoms with van der Waals surface area (Å²) in [5.74, 6) is -3.11. The normalized spacial score (nSPS) is 11.6. The summed E-state index contributed by atoms with van der Waals surface area (Å²) in [7, 11) is 0. The fraction of sp³-hybridized carbons (Fsp3) is 0.0455. The van der Waals surface area contributed by atoms with Crippen molar-refractivity contribution in [1.29, 1.82) is 0 Å². The molecule has 0 saturated carbocycles. The Kier molecular flexibility index (Phi) is 5.06. The zero-order chi connectivity index (χ0) is 22.1. The molecule has 32 heavy (non-hydrogen) atoms. The van der Waals surface area contributed by atoms with Crippen molar-refractivity contribution in [2.75, 3.05) is 0 Å². The molecule has 0 aliphatic carbocycles. The summed E-state index contributed by atoms with van der Waals surface area (Å²) in [5.41, 5.74) is 0.337. The van der Waals surface area contributed by atoms with E-state index in [9.17, 15) is 0 Å². The third kappa shape index (κ3) is 3.80. The van der Waals surface area contributed by atoms with Gasteiger partial charge in [0.2, 0.25) is 11.7 Å². The van der Waals surface area contributed by atoms with E-state index in [1.807, 2.05) is 6.07 Å². The van der Waals surface area contributed by atoms with Gasteiger partial charge < -0.3 is 4.74 Å². The molecule has 0 unspecified atom stereocenters. The first-order valence-corrected chi connectivity index (χ1v) is 10.2. The first-order chi connectivity index (χ1) is 15.5. The molecule has 7 nitrogen and oxygen atoms in total. The maximum atomic E-state index is 15.5. The number of halogens is 3. The fourth-order valence-electron chi connectivity index (χ4n) is 3.08. The topological polar surface area (TPSA) is 78.1 Å². The number of rotatable bonds is 5. The van der Waals surface area contributed by atoms with Crippen LogP contribution in [0.5, 0.6) is 11.6 Å². The maximum Gasteiger partial charge on any atom is 0.333 e. The van der Waals surface area contributed by atoms with Gasteiger partial charge in [0.25, 0.3) is 0 Å². The number of nitrogens with zero attached hydrogens (tertiary/aromatic N) is 6. The highest BCUT2D eigenvalue weighted by molar-refractivity contribution is 9.10. The fourth-order valence-corrected chi connectivity index (χ4v) is 3.28. The lowest BCUT2D eigenvalue weighted by molar-refractivity contribution is 0.0305. The maximum absolute atomic E-state index is 15.5. The number of alkyl halides is 2. The Balaban J connectivity index is 1.53. The molecule has 3 aromatic heterocycles. The molecule has 0 N–H and O–H groups in total. The van der Waals surface area contributed by atoms with E-state index in [4.69, 9.17) is 4.74 Å². The second-order valence-electron chi connectivity index (χ2n) is 6.76. The second-order valence-corrected chi connectivity index (χ2v) is 7.68. The van der Waals surface area contributed by atoms with Crippen molar-refractivity contribution >= 4 is 21.6 Å². The van der Waals surface area contributed by atoms with Crippen LogP contribution in [0.4, 0.5) is 8.78 Å². The van der Waals surface area contributed by atoms with Crippen LogP contribution in [0.3, 0.4) is 0 Å². The molecule has 5 aromatic rings. The largest absolute Gasteiger partial charge is 0.438 e.